The summed E-state index contributed by atoms with van der Waals surface area (Å²) in [5, 5.41) is 2.30. The second-order valence-corrected chi connectivity index (χ2v) is 5.62. The van der Waals surface area contributed by atoms with E-state index in [-0.39, 0.29) is 29.0 Å². The lowest BCUT2D eigenvalue weighted by Gasteiger charge is -2.19. The fraction of sp³-hybridized carbons (Fsp3) is 0.312. The molecular formula is C16H14ClF4N3O4. The van der Waals surface area contributed by atoms with Crippen molar-refractivity contribution in [1.82, 2.24) is 15.3 Å². The van der Waals surface area contributed by atoms with E-state index < -0.39 is 29.9 Å². The molecule has 7 nitrogen and oxygen atoms in total. The van der Waals surface area contributed by atoms with Crippen LogP contribution in [0.5, 0.6) is 11.6 Å². The zero-order valence-corrected chi connectivity index (χ0v) is 15.3. The predicted octanol–water partition coefficient (Wildman–Crippen LogP) is 3.29. The number of hydrogen-bond acceptors (Lipinski definition) is 6. The van der Waals surface area contributed by atoms with Crippen molar-refractivity contribution in [3.8, 4) is 11.6 Å². The molecule has 0 unspecified atom stereocenters. The van der Waals surface area contributed by atoms with Crippen molar-refractivity contribution in [2.24, 2.45) is 0 Å². The van der Waals surface area contributed by atoms with Crippen molar-refractivity contribution in [3.05, 3.63) is 46.6 Å². The topological polar surface area (TPSA) is 82.6 Å². The highest BCUT2D eigenvalue weighted by Crippen LogP contribution is 2.28. The van der Waals surface area contributed by atoms with E-state index in [2.05, 4.69) is 20.0 Å². The SMILES string of the molecule is COC[C@@H](NC(=O)c1cc(OC)nc(Cl)n1)c1ccc(OC(F)(F)F)c(F)c1. The number of carbonyl (C=O) groups is 1. The van der Waals surface area contributed by atoms with Gasteiger partial charge in [0.15, 0.2) is 11.6 Å². The van der Waals surface area contributed by atoms with Crippen LogP contribution in [0.25, 0.3) is 0 Å². The predicted molar refractivity (Wildman–Crippen MR) is 88.8 cm³/mol. The summed E-state index contributed by atoms with van der Waals surface area (Å²) in [6.45, 7) is -0.0966. The van der Waals surface area contributed by atoms with E-state index in [0.29, 0.717) is 0 Å². The molecule has 1 aromatic carbocycles. The fourth-order valence-electron chi connectivity index (χ4n) is 2.18. The van der Waals surface area contributed by atoms with Gasteiger partial charge in [0.2, 0.25) is 11.2 Å². The van der Waals surface area contributed by atoms with Crippen molar-refractivity contribution in [1.29, 1.82) is 0 Å². The Hall–Kier alpha value is -2.66. The molecule has 0 aliphatic heterocycles. The van der Waals surface area contributed by atoms with Gasteiger partial charge < -0.3 is 19.5 Å². The molecule has 0 bridgehead atoms. The van der Waals surface area contributed by atoms with Gasteiger partial charge in [-0.05, 0) is 29.3 Å². The number of hydrogen-bond donors (Lipinski definition) is 1. The molecule has 1 N–H and O–H groups in total. The van der Waals surface area contributed by atoms with Gasteiger partial charge in [0.1, 0.15) is 5.69 Å². The highest BCUT2D eigenvalue weighted by Gasteiger charge is 2.32. The zero-order valence-electron chi connectivity index (χ0n) is 14.5. The van der Waals surface area contributed by atoms with E-state index in [0.717, 1.165) is 12.1 Å². The molecule has 2 rings (SSSR count). The lowest BCUT2D eigenvalue weighted by Crippen LogP contribution is -2.32. The van der Waals surface area contributed by atoms with Gasteiger partial charge in [-0.25, -0.2) is 9.37 Å². The average Bonchev–Trinajstić information content (AvgIpc) is 2.61. The molecule has 12 heteroatoms. The molecule has 152 valence electrons. The second-order valence-electron chi connectivity index (χ2n) is 5.28. The average molecular weight is 424 g/mol. The maximum atomic E-state index is 14.0. The first-order chi connectivity index (χ1) is 13.1. The van der Waals surface area contributed by atoms with Crippen molar-refractivity contribution in [3.63, 3.8) is 0 Å². The molecule has 0 radical (unpaired) electrons. The van der Waals surface area contributed by atoms with Crippen molar-refractivity contribution >= 4 is 17.5 Å². The Balaban J connectivity index is 2.24. The summed E-state index contributed by atoms with van der Waals surface area (Å²) >= 11 is 5.72. The number of aromatic nitrogens is 2. The lowest BCUT2D eigenvalue weighted by atomic mass is 10.1. The third-order valence-corrected chi connectivity index (χ3v) is 3.51. The molecule has 0 fully saturated rings. The van der Waals surface area contributed by atoms with Crippen LogP contribution in [-0.4, -0.2) is 43.1 Å². The Kier molecular flexibility index (Phi) is 6.97. The number of alkyl halides is 3. The Morgan fingerprint density at radius 1 is 1.25 bits per heavy atom. The van der Waals surface area contributed by atoms with E-state index in [1.54, 1.807) is 0 Å². The minimum absolute atomic E-state index is 0.0492. The maximum Gasteiger partial charge on any atom is 0.573 e. The summed E-state index contributed by atoms with van der Waals surface area (Å²) in [6.07, 6.45) is -5.03. The smallest absolute Gasteiger partial charge is 0.481 e. The summed E-state index contributed by atoms with van der Waals surface area (Å²) in [4.78, 5) is 19.9. The summed E-state index contributed by atoms with van der Waals surface area (Å²) in [5.41, 5.74) is 0.0183. The molecule has 1 aromatic heterocycles. The van der Waals surface area contributed by atoms with Crippen LogP contribution < -0.4 is 14.8 Å². The van der Waals surface area contributed by atoms with Gasteiger partial charge in [-0.3, -0.25) is 4.79 Å². The number of ether oxygens (including phenoxy) is 3. The summed E-state index contributed by atoms with van der Waals surface area (Å²) in [5.74, 6) is -2.91. The van der Waals surface area contributed by atoms with Crippen LogP contribution in [0, 0.1) is 5.82 Å². The summed E-state index contributed by atoms with van der Waals surface area (Å²) in [7, 11) is 2.66. The van der Waals surface area contributed by atoms with Crippen LogP contribution in [0.15, 0.2) is 24.3 Å². The highest BCUT2D eigenvalue weighted by atomic mass is 35.5. The van der Waals surface area contributed by atoms with Crippen LogP contribution in [0.4, 0.5) is 17.6 Å². The number of nitrogens with one attached hydrogen (secondary N) is 1. The van der Waals surface area contributed by atoms with E-state index in [1.807, 2.05) is 0 Å². The van der Waals surface area contributed by atoms with Crippen LogP contribution in [0.3, 0.4) is 0 Å². The largest absolute Gasteiger partial charge is 0.573 e. The van der Waals surface area contributed by atoms with Crippen LogP contribution in [0.2, 0.25) is 5.28 Å². The lowest BCUT2D eigenvalue weighted by molar-refractivity contribution is -0.275. The Bertz CT molecular complexity index is 851. The molecule has 28 heavy (non-hydrogen) atoms. The summed E-state index contributed by atoms with van der Waals surface area (Å²) in [6, 6.07) is 3.11. The van der Waals surface area contributed by atoms with Crippen molar-refractivity contribution < 1.29 is 36.6 Å². The van der Waals surface area contributed by atoms with Crippen molar-refractivity contribution in [2.45, 2.75) is 12.4 Å². The third-order valence-electron chi connectivity index (χ3n) is 3.34. The van der Waals surface area contributed by atoms with Crippen molar-refractivity contribution in [2.75, 3.05) is 20.8 Å². The first-order valence-corrected chi connectivity index (χ1v) is 7.94. The number of halogens is 5. The second kappa shape index (κ2) is 9.02. The Morgan fingerprint density at radius 2 is 1.96 bits per heavy atom. The Morgan fingerprint density at radius 3 is 2.54 bits per heavy atom. The zero-order chi connectivity index (χ0) is 20.9. The number of benzene rings is 1. The molecule has 1 atom stereocenters. The standard InChI is InChI=1S/C16H14ClF4N3O4/c1-26-7-11(8-3-4-12(9(18)5-8)28-16(19,20)21)22-14(25)10-6-13(27-2)24-15(17)23-10/h3-6,11H,7H2,1-2H3,(H,22,25)/t11-/m1/s1. The first kappa shape index (κ1) is 21.6. The maximum absolute atomic E-state index is 14.0. The molecule has 0 saturated carbocycles. The van der Waals surface area contributed by atoms with E-state index in [4.69, 9.17) is 21.1 Å². The molecule has 2 aromatic rings. The first-order valence-electron chi connectivity index (χ1n) is 7.56. The molecular weight excluding hydrogens is 410 g/mol. The minimum Gasteiger partial charge on any atom is -0.481 e. The number of nitrogens with zero attached hydrogens (tertiary/aromatic N) is 2. The third kappa shape index (κ3) is 5.92. The Labute approximate surface area is 161 Å². The molecule has 0 aliphatic carbocycles. The molecule has 0 aliphatic rings. The van der Waals surface area contributed by atoms with Gasteiger partial charge in [-0.1, -0.05) is 6.07 Å². The van der Waals surface area contributed by atoms with E-state index >= 15 is 0 Å². The van der Waals surface area contributed by atoms with Crippen LogP contribution in [0.1, 0.15) is 22.1 Å². The number of carbonyl (C=O) groups excluding carboxylic acids is 1. The highest BCUT2D eigenvalue weighted by molar-refractivity contribution is 6.28. The van der Waals surface area contributed by atoms with Gasteiger partial charge in [0.25, 0.3) is 5.91 Å². The summed E-state index contributed by atoms with van der Waals surface area (Å²) < 4.78 is 64.2. The van der Waals surface area contributed by atoms with Gasteiger partial charge in [0.05, 0.1) is 19.8 Å². The number of rotatable bonds is 7. The molecule has 1 amide bonds. The van der Waals surface area contributed by atoms with Gasteiger partial charge >= 0.3 is 6.36 Å². The van der Waals surface area contributed by atoms with E-state index in [1.165, 1.54) is 26.4 Å². The van der Waals surface area contributed by atoms with Gasteiger partial charge in [-0.2, -0.15) is 4.98 Å². The van der Waals surface area contributed by atoms with Crippen LogP contribution >= 0.6 is 11.6 Å². The minimum atomic E-state index is -5.03. The molecule has 0 spiro atoms. The van der Waals surface area contributed by atoms with Gasteiger partial charge in [0, 0.05) is 13.2 Å². The molecule has 0 saturated heterocycles. The quantitative estimate of drug-likeness (QED) is 0.543. The molecule has 1 heterocycles. The van der Waals surface area contributed by atoms with Gasteiger partial charge in [-0.15, -0.1) is 13.2 Å². The normalized spacial score (nSPS) is 12.4. The monoisotopic (exact) mass is 423 g/mol. The fourth-order valence-corrected chi connectivity index (χ4v) is 2.35. The number of methoxy groups -OCH3 is 2. The van der Waals surface area contributed by atoms with Crippen LogP contribution in [-0.2, 0) is 4.74 Å². The van der Waals surface area contributed by atoms with E-state index in [9.17, 15) is 22.4 Å². The number of amides is 1.